The lowest BCUT2D eigenvalue weighted by atomic mass is 10.3. The summed E-state index contributed by atoms with van der Waals surface area (Å²) < 4.78 is 28.3. The average Bonchev–Trinajstić information content (AvgIpc) is 3.14. The first-order valence-corrected chi connectivity index (χ1v) is 10.2. The van der Waals surface area contributed by atoms with Gasteiger partial charge in [-0.3, -0.25) is 24.1 Å². The minimum Gasteiger partial charge on any atom is -0.432 e. The van der Waals surface area contributed by atoms with Gasteiger partial charge in [0.25, 0.3) is 17.7 Å². The number of ether oxygens (including phenoxy) is 1. The largest absolute Gasteiger partial charge is 0.533 e. The number of imide groups is 1. The molecule has 0 spiro atoms. The molecule has 2 heterocycles. The molecule has 0 radical (unpaired) electrons. The predicted octanol–water partition coefficient (Wildman–Crippen LogP) is -0.466. The van der Waals surface area contributed by atoms with Gasteiger partial charge in [0.15, 0.2) is 9.84 Å². The van der Waals surface area contributed by atoms with Gasteiger partial charge in [-0.1, -0.05) is 6.58 Å². The number of hydrogen-bond acceptors (Lipinski definition) is 11. The number of nitrogens with zero attached hydrogens (tertiary/aromatic N) is 2. The van der Waals surface area contributed by atoms with Crippen molar-refractivity contribution in [1.82, 2.24) is 10.1 Å². The molecule has 2 saturated heterocycles. The Morgan fingerprint density at radius 1 is 0.931 bits per heavy atom. The van der Waals surface area contributed by atoms with E-state index in [-0.39, 0.29) is 30.0 Å². The van der Waals surface area contributed by atoms with Crippen molar-refractivity contribution in [3.8, 4) is 0 Å². The van der Waals surface area contributed by atoms with Crippen LogP contribution in [-0.4, -0.2) is 66.5 Å². The number of amides is 3. The van der Waals surface area contributed by atoms with Crippen LogP contribution in [-0.2, 0) is 48.5 Å². The molecular weight excluding hydrogens is 416 g/mol. The lowest BCUT2D eigenvalue weighted by Gasteiger charge is -2.15. The highest BCUT2D eigenvalue weighted by Gasteiger charge is 2.32. The second-order valence-corrected chi connectivity index (χ2v) is 8.26. The monoisotopic (exact) mass is 434 g/mol. The lowest BCUT2D eigenvalue weighted by molar-refractivity contribution is -0.365. The first-order chi connectivity index (χ1) is 13.6. The third-order valence-corrected chi connectivity index (χ3v) is 5.36. The Kier molecular flexibility index (Phi) is 7.28. The number of hydrogen-bond donors (Lipinski definition) is 0. The van der Waals surface area contributed by atoms with E-state index in [4.69, 9.17) is 0 Å². The molecule has 0 aromatic rings. The maximum absolute atomic E-state index is 11.9. The minimum absolute atomic E-state index is 0.0762. The topological polar surface area (TPSA) is 163 Å². The van der Waals surface area contributed by atoms with Crippen LogP contribution in [0.4, 0.5) is 4.79 Å². The highest BCUT2D eigenvalue weighted by molar-refractivity contribution is 7.91. The van der Waals surface area contributed by atoms with Crippen molar-refractivity contribution in [1.29, 1.82) is 0 Å². The molecule has 2 rings (SSSR count). The highest BCUT2D eigenvalue weighted by Crippen LogP contribution is 2.21. The Morgan fingerprint density at radius 3 is 2.10 bits per heavy atom. The van der Waals surface area contributed by atoms with E-state index in [0.29, 0.717) is 11.5 Å². The Hall–Kier alpha value is -3.00. The number of allylic oxidation sites excluding steroid dienone is 1. The lowest BCUT2D eigenvalue weighted by Crippen LogP contribution is -2.31. The molecule has 2 aliphatic heterocycles. The van der Waals surface area contributed by atoms with Crippen molar-refractivity contribution in [2.45, 2.75) is 32.1 Å². The summed E-state index contributed by atoms with van der Waals surface area (Å²) in [6.45, 7) is 2.96. The van der Waals surface area contributed by atoms with E-state index in [0.717, 1.165) is 0 Å². The van der Waals surface area contributed by atoms with Crippen molar-refractivity contribution in [2.75, 3.05) is 18.1 Å². The third kappa shape index (κ3) is 6.53. The second kappa shape index (κ2) is 9.47. The van der Waals surface area contributed by atoms with Gasteiger partial charge in [-0.05, 0) is 11.4 Å². The highest BCUT2D eigenvalue weighted by atomic mass is 32.2. The summed E-state index contributed by atoms with van der Waals surface area (Å²) in [6.07, 6.45) is -1.57. The summed E-state index contributed by atoms with van der Waals surface area (Å²) in [5, 5.41) is 0.967. The fourth-order valence-corrected chi connectivity index (χ4v) is 3.22. The van der Waals surface area contributed by atoms with Crippen molar-refractivity contribution < 1.29 is 51.8 Å². The van der Waals surface area contributed by atoms with Crippen molar-refractivity contribution in [3.63, 3.8) is 0 Å². The second-order valence-electron chi connectivity index (χ2n) is 5.96. The van der Waals surface area contributed by atoms with Gasteiger partial charge in [0.05, 0.1) is 23.6 Å². The molecule has 0 aromatic carbocycles. The summed E-state index contributed by atoms with van der Waals surface area (Å²) in [5.41, 5.74) is 0.276. The molecule has 0 aromatic heterocycles. The zero-order valence-electron chi connectivity index (χ0n) is 15.2. The molecule has 13 nitrogen and oxygen atoms in total. The Balaban J connectivity index is 1.65. The molecule has 2 fully saturated rings. The van der Waals surface area contributed by atoms with Crippen LogP contribution in [0.3, 0.4) is 0 Å². The molecule has 0 N–H and O–H groups in total. The van der Waals surface area contributed by atoms with Crippen molar-refractivity contribution in [2.24, 2.45) is 0 Å². The standard InChI is InChI=1S/C15H18N2O11S/c1-10-2-3-11(18)16(10)26-15(22)25-7-9-29(23,24)8-6-14(21)27-28-17-12(19)4-5-13(17)20/h1-9H2. The van der Waals surface area contributed by atoms with Crippen LogP contribution in [0.2, 0.25) is 0 Å². The van der Waals surface area contributed by atoms with E-state index in [2.05, 4.69) is 26.0 Å². The molecule has 160 valence electrons. The van der Waals surface area contributed by atoms with Crippen LogP contribution in [0, 0.1) is 0 Å². The fourth-order valence-electron chi connectivity index (χ4n) is 2.20. The molecule has 3 amide bonds. The number of hydroxylamine groups is 4. The number of sulfone groups is 1. The van der Waals surface area contributed by atoms with Crippen LogP contribution in [0.25, 0.3) is 0 Å². The van der Waals surface area contributed by atoms with E-state index in [1.807, 2.05) is 0 Å². The maximum atomic E-state index is 11.9. The third-order valence-electron chi connectivity index (χ3n) is 3.75. The molecule has 0 bridgehead atoms. The average molecular weight is 434 g/mol. The number of rotatable bonds is 9. The van der Waals surface area contributed by atoms with E-state index < -0.39 is 64.2 Å². The van der Waals surface area contributed by atoms with Gasteiger partial charge < -0.3 is 4.74 Å². The number of carbonyl (C=O) groups excluding carboxylic acids is 5. The van der Waals surface area contributed by atoms with E-state index in [1.54, 1.807) is 0 Å². The smallest absolute Gasteiger partial charge is 0.432 e. The Bertz CT molecular complexity index is 803. The molecule has 29 heavy (non-hydrogen) atoms. The first kappa shape index (κ1) is 22.3. The van der Waals surface area contributed by atoms with Gasteiger partial charge in [-0.2, -0.15) is 0 Å². The molecule has 0 saturated carbocycles. The molecular formula is C15H18N2O11S. The molecule has 0 atom stereocenters. The normalized spacial score (nSPS) is 17.1. The van der Waals surface area contributed by atoms with Gasteiger partial charge in [-0.15, -0.1) is 10.1 Å². The summed E-state index contributed by atoms with van der Waals surface area (Å²) in [4.78, 5) is 70.0. The fraction of sp³-hybridized carbons (Fsp3) is 0.533. The van der Waals surface area contributed by atoms with Gasteiger partial charge in [-0.25, -0.2) is 18.0 Å². The van der Waals surface area contributed by atoms with Gasteiger partial charge >= 0.3 is 12.1 Å². The van der Waals surface area contributed by atoms with E-state index in [9.17, 15) is 32.4 Å². The Morgan fingerprint density at radius 2 is 1.52 bits per heavy atom. The zero-order valence-corrected chi connectivity index (χ0v) is 16.0. The summed E-state index contributed by atoms with van der Waals surface area (Å²) in [5.74, 6) is -4.23. The van der Waals surface area contributed by atoms with Crippen LogP contribution in [0.15, 0.2) is 12.3 Å². The van der Waals surface area contributed by atoms with E-state index in [1.165, 1.54) is 0 Å². The van der Waals surface area contributed by atoms with E-state index >= 15 is 0 Å². The quantitative estimate of drug-likeness (QED) is 0.199. The van der Waals surface area contributed by atoms with Crippen LogP contribution in [0.5, 0.6) is 0 Å². The molecule has 0 aliphatic carbocycles. The van der Waals surface area contributed by atoms with Crippen LogP contribution < -0.4 is 0 Å². The molecule has 2 aliphatic rings. The van der Waals surface area contributed by atoms with Gasteiger partial charge in [0.1, 0.15) is 6.61 Å². The summed E-state index contributed by atoms with van der Waals surface area (Å²) in [6, 6.07) is 0. The minimum atomic E-state index is -3.81. The maximum Gasteiger partial charge on any atom is 0.533 e. The molecule has 0 unspecified atom stereocenters. The zero-order chi connectivity index (χ0) is 21.6. The van der Waals surface area contributed by atoms with Crippen LogP contribution >= 0.6 is 0 Å². The van der Waals surface area contributed by atoms with Crippen molar-refractivity contribution in [3.05, 3.63) is 12.3 Å². The van der Waals surface area contributed by atoms with Gasteiger partial charge in [0.2, 0.25) is 0 Å². The SMILES string of the molecule is C=C1CCC(=O)N1OC(=O)OCCS(=O)(=O)CCC(=O)OON1C(=O)CCC1=O. The summed E-state index contributed by atoms with van der Waals surface area (Å²) in [7, 11) is -3.81. The predicted molar refractivity (Wildman–Crippen MR) is 89.2 cm³/mol. The Labute approximate surface area is 164 Å². The molecule has 14 heteroatoms. The van der Waals surface area contributed by atoms with Crippen molar-refractivity contribution >= 4 is 39.7 Å². The first-order valence-electron chi connectivity index (χ1n) is 8.38. The number of carbonyl (C=O) groups is 5. The summed E-state index contributed by atoms with van der Waals surface area (Å²) >= 11 is 0. The van der Waals surface area contributed by atoms with Crippen LogP contribution in [0.1, 0.15) is 32.1 Å². The van der Waals surface area contributed by atoms with Gasteiger partial charge in [0, 0.05) is 19.3 Å².